The maximum absolute atomic E-state index is 12.1. The van der Waals surface area contributed by atoms with Crippen molar-refractivity contribution < 1.29 is 9.47 Å². The Morgan fingerprint density at radius 1 is 1.16 bits per heavy atom. The first-order valence-electron chi connectivity index (χ1n) is 7.68. The molecule has 130 valence electrons. The van der Waals surface area contributed by atoms with Gasteiger partial charge in [-0.15, -0.1) is 0 Å². The fourth-order valence-electron chi connectivity index (χ4n) is 2.27. The van der Waals surface area contributed by atoms with Gasteiger partial charge in [0.05, 0.1) is 19.4 Å². The van der Waals surface area contributed by atoms with E-state index >= 15 is 0 Å². The topological polar surface area (TPSA) is 52.8 Å². The fraction of sp³-hybridized carbons (Fsp3) is 0.222. The number of hydrogen-bond acceptors (Lipinski definition) is 5. The summed E-state index contributed by atoms with van der Waals surface area (Å²) in [6, 6.07) is 12.8. The molecule has 0 atom stereocenters. The van der Waals surface area contributed by atoms with Crippen molar-refractivity contribution in [2.75, 3.05) is 19.5 Å². The lowest BCUT2D eigenvalue weighted by atomic mass is 10.3. The zero-order chi connectivity index (χ0) is 17.6. The van der Waals surface area contributed by atoms with Gasteiger partial charge in [-0.25, -0.2) is 4.98 Å². The van der Waals surface area contributed by atoms with E-state index in [2.05, 4.69) is 20.9 Å². The van der Waals surface area contributed by atoms with Gasteiger partial charge in [-0.3, -0.25) is 9.20 Å². The fourth-order valence-corrected chi connectivity index (χ4v) is 3.31. The minimum Gasteiger partial charge on any atom is -0.497 e. The molecule has 0 bridgehead atoms. The van der Waals surface area contributed by atoms with Gasteiger partial charge in [0.15, 0.2) is 0 Å². The van der Waals surface area contributed by atoms with Gasteiger partial charge >= 0.3 is 0 Å². The first-order chi connectivity index (χ1) is 12.2. The normalized spacial score (nSPS) is 10.8. The summed E-state index contributed by atoms with van der Waals surface area (Å²) in [6.45, 7) is 0.594. The van der Waals surface area contributed by atoms with Crippen molar-refractivity contribution in [3.05, 3.63) is 69.2 Å². The van der Waals surface area contributed by atoms with Gasteiger partial charge in [0.2, 0.25) is 0 Å². The molecule has 2 heterocycles. The third-order valence-corrected chi connectivity index (χ3v) is 4.91. The second kappa shape index (κ2) is 8.40. The average molecular weight is 421 g/mol. The summed E-state index contributed by atoms with van der Waals surface area (Å²) in [4.78, 5) is 16.7. The van der Waals surface area contributed by atoms with Crippen LogP contribution in [0.5, 0.6) is 11.5 Å². The van der Waals surface area contributed by atoms with Gasteiger partial charge in [0.1, 0.15) is 17.1 Å². The van der Waals surface area contributed by atoms with Crippen LogP contribution in [-0.4, -0.2) is 28.9 Å². The van der Waals surface area contributed by atoms with Gasteiger partial charge in [-0.1, -0.05) is 0 Å². The number of halogens is 1. The van der Waals surface area contributed by atoms with Gasteiger partial charge in [0.25, 0.3) is 5.56 Å². The van der Waals surface area contributed by atoms with Crippen molar-refractivity contribution in [1.29, 1.82) is 0 Å². The predicted octanol–water partition coefficient (Wildman–Crippen LogP) is 3.78. The molecule has 0 aliphatic rings. The van der Waals surface area contributed by atoms with Crippen LogP contribution < -0.4 is 15.0 Å². The standard InChI is InChI=1S/C18H17BrN2O3S/c1-23-15-3-5-16(6-4-15)24-8-9-25-12-14-10-18(22)21-11-13(19)2-7-17(21)20-14/h2-7,10-11H,8-9,12H2,1H3. The Labute approximate surface area is 158 Å². The van der Waals surface area contributed by atoms with E-state index in [9.17, 15) is 4.79 Å². The molecule has 3 aromatic rings. The Morgan fingerprint density at radius 3 is 2.68 bits per heavy atom. The summed E-state index contributed by atoms with van der Waals surface area (Å²) >= 11 is 5.04. The van der Waals surface area contributed by atoms with E-state index in [4.69, 9.17) is 9.47 Å². The van der Waals surface area contributed by atoms with E-state index in [0.29, 0.717) is 18.0 Å². The summed E-state index contributed by atoms with van der Waals surface area (Å²) in [7, 11) is 1.64. The highest BCUT2D eigenvalue weighted by Gasteiger charge is 2.03. The molecule has 0 radical (unpaired) electrons. The van der Waals surface area contributed by atoms with E-state index in [0.717, 1.165) is 27.4 Å². The molecule has 0 aliphatic carbocycles. The number of methoxy groups -OCH3 is 1. The van der Waals surface area contributed by atoms with E-state index < -0.39 is 0 Å². The van der Waals surface area contributed by atoms with Crippen molar-refractivity contribution in [1.82, 2.24) is 9.38 Å². The highest BCUT2D eigenvalue weighted by Crippen LogP contribution is 2.18. The maximum atomic E-state index is 12.1. The zero-order valence-electron chi connectivity index (χ0n) is 13.6. The van der Waals surface area contributed by atoms with Gasteiger partial charge in [0, 0.05) is 28.2 Å². The van der Waals surface area contributed by atoms with Crippen LogP contribution >= 0.6 is 27.7 Å². The van der Waals surface area contributed by atoms with Crippen LogP contribution in [0, 0.1) is 0 Å². The van der Waals surface area contributed by atoms with Crippen LogP contribution in [0.4, 0.5) is 0 Å². The molecule has 5 nitrogen and oxygen atoms in total. The summed E-state index contributed by atoms with van der Waals surface area (Å²) in [5, 5.41) is 0. The van der Waals surface area contributed by atoms with E-state index in [1.54, 1.807) is 31.1 Å². The number of aromatic nitrogens is 2. The Balaban J connectivity index is 1.51. The Bertz CT molecular complexity index is 912. The Hall–Kier alpha value is -1.99. The molecule has 1 aromatic carbocycles. The Kier molecular flexibility index (Phi) is 5.99. The number of pyridine rings is 1. The highest BCUT2D eigenvalue weighted by molar-refractivity contribution is 9.10. The maximum Gasteiger partial charge on any atom is 0.258 e. The number of thioether (sulfide) groups is 1. The van der Waals surface area contributed by atoms with E-state index in [-0.39, 0.29) is 5.56 Å². The monoisotopic (exact) mass is 420 g/mol. The van der Waals surface area contributed by atoms with Gasteiger partial charge < -0.3 is 9.47 Å². The van der Waals surface area contributed by atoms with E-state index in [1.807, 2.05) is 36.4 Å². The molecule has 0 fully saturated rings. The lowest BCUT2D eigenvalue weighted by molar-refractivity contribution is 0.342. The Morgan fingerprint density at radius 2 is 1.92 bits per heavy atom. The first kappa shape index (κ1) is 17.8. The van der Waals surface area contributed by atoms with Crippen LogP contribution in [0.1, 0.15) is 5.69 Å². The minimum atomic E-state index is -0.0728. The van der Waals surface area contributed by atoms with Crippen LogP contribution in [0.2, 0.25) is 0 Å². The largest absolute Gasteiger partial charge is 0.497 e. The number of hydrogen-bond donors (Lipinski definition) is 0. The molecule has 0 amide bonds. The molecule has 0 unspecified atom stereocenters. The number of ether oxygens (including phenoxy) is 2. The lowest BCUT2D eigenvalue weighted by Gasteiger charge is -2.07. The molecule has 0 saturated carbocycles. The van der Waals surface area contributed by atoms with Crippen molar-refractivity contribution in [2.45, 2.75) is 5.75 Å². The third-order valence-electron chi connectivity index (χ3n) is 3.48. The number of rotatable bonds is 7. The summed E-state index contributed by atoms with van der Waals surface area (Å²) < 4.78 is 13.2. The van der Waals surface area contributed by atoms with Crippen LogP contribution in [0.15, 0.2) is 57.9 Å². The van der Waals surface area contributed by atoms with Gasteiger partial charge in [-0.2, -0.15) is 11.8 Å². The van der Waals surface area contributed by atoms with Crippen molar-refractivity contribution in [3.8, 4) is 11.5 Å². The van der Waals surface area contributed by atoms with Crippen LogP contribution in [0.3, 0.4) is 0 Å². The van der Waals surface area contributed by atoms with Crippen LogP contribution in [-0.2, 0) is 5.75 Å². The number of benzene rings is 1. The molecular formula is C18H17BrN2O3S. The molecule has 25 heavy (non-hydrogen) atoms. The molecular weight excluding hydrogens is 404 g/mol. The van der Waals surface area contributed by atoms with Crippen molar-refractivity contribution in [3.63, 3.8) is 0 Å². The number of nitrogens with zero attached hydrogens (tertiary/aromatic N) is 2. The quantitative estimate of drug-likeness (QED) is 0.544. The molecule has 0 N–H and O–H groups in total. The predicted molar refractivity (Wildman–Crippen MR) is 104 cm³/mol. The van der Waals surface area contributed by atoms with E-state index in [1.165, 1.54) is 4.40 Å². The highest BCUT2D eigenvalue weighted by atomic mass is 79.9. The van der Waals surface area contributed by atoms with Crippen LogP contribution in [0.25, 0.3) is 5.65 Å². The van der Waals surface area contributed by atoms with Gasteiger partial charge in [-0.05, 0) is 52.3 Å². The molecule has 3 rings (SSSR count). The zero-order valence-corrected chi connectivity index (χ0v) is 16.0. The third kappa shape index (κ3) is 4.76. The lowest BCUT2D eigenvalue weighted by Crippen LogP contribution is -2.15. The smallest absolute Gasteiger partial charge is 0.258 e. The minimum absolute atomic E-state index is 0.0728. The SMILES string of the molecule is COc1ccc(OCCSCc2cc(=O)n3cc(Br)ccc3n2)cc1. The van der Waals surface area contributed by atoms with Crippen molar-refractivity contribution in [2.24, 2.45) is 0 Å². The average Bonchev–Trinajstić information content (AvgIpc) is 2.62. The second-order valence-electron chi connectivity index (χ2n) is 5.24. The second-order valence-corrected chi connectivity index (χ2v) is 7.26. The van der Waals surface area contributed by atoms with Crippen molar-refractivity contribution >= 4 is 33.3 Å². The molecule has 0 aliphatic heterocycles. The summed E-state index contributed by atoms with van der Waals surface area (Å²) in [6.07, 6.45) is 1.73. The molecule has 0 saturated heterocycles. The summed E-state index contributed by atoms with van der Waals surface area (Å²) in [5.41, 5.74) is 1.36. The first-order valence-corrected chi connectivity index (χ1v) is 9.63. The molecule has 2 aromatic heterocycles. The summed E-state index contributed by atoms with van der Waals surface area (Å²) in [5.74, 6) is 3.11. The molecule has 0 spiro atoms. The number of fused-ring (bicyclic) bond motifs is 1. The molecule has 7 heteroatoms.